The van der Waals surface area contributed by atoms with Crippen LogP contribution in [0.4, 0.5) is 43.9 Å². The van der Waals surface area contributed by atoms with Crippen LogP contribution in [-0.2, 0) is 63.5 Å². The summed E-state index contributed by atoms with van der Waals surface area (Å²) in [7, 11) is -20.7. The predicted molar refractivity (Wildman–Crippen MR) is 513 cm³/mol. The van der Waals surface area contributed by atoms with Gasteiger partial charge >= 0.3 is 23.1 Å². The molecule has 4 unspecified atom stereocenters. The van der Waals surface area contributed by atoms with Crippen LogP contribution in [0.5, 0.6) is 28.7 Å². The van der Waals surface area contributed by atoms with Crippen molar-refractivity contribution in [1.82, 2.24) is 0 Å². The van der Waals surface area contributed by atoms with E-state index in [0.717, 1.165) is 60.7 Å². The van der Waals surface area contributed by atoms with Crippen molar-refractivity contribution in [3.63, 3.8) is 0 Å². The summed E-state index contributed by atoms with van der Waals surface area (Å²) in [5, 5.41) is 38.3. The molecular formula is C100H94BrCl5F10MgO20S5. The number of rotatable bonds is 20. The Kier molecular flexibility index (Phi) is 39.8. The van der Waals surface area contributed by atoms with Gasteiger partial charge in [-0.3, -0.25) is 0 Å². The van der Waals surface area contributed by atoms with Gasteiger partial charge in [0.2, 0.25) is 0 Å². The molecule has 10 aromatic carbocycles. The maximum absolute atomic E-state index is 15.0. The number of aliphatic hydroxyl groups excluding tert-OH is 4. The first-order valence-electron chi connectivity index (χ1n) is 43.6. The molecule has 758 valence electrons. The van der Waals surface area contributed by atoms with Gasteiger partial charge < -0.3 is 65.9 Å². The zero-order valence-electron chi connectivity index (χ0n) is 75.2. The van der Waals surface area contributed by atoms with E-state index in [1.165, 1.54) is 140 Å². The number of carbonyl (C=O) groups is 1. The number of allylic oxidation sites excluding steroid dienone is 1. The third-order valence-corrected chi connectivity index (χ3v) is 38.3. The molecule has 0 aromatic heterocycles. The number of aliphatic hydroxyl groups is 4. The maximum Gasteiger partial charge on any atom is 2.00 e. The van der Waals surface area contributed by atoms with E-state index in [9.17, 15) is 102 Å². The first kappa shape index (κ1) is 115. The van der Waals surface area contributed by atoms with Crippen LogP contribution < -0.4 is 40.7 Å². The molecule has 5 heterocycles. The smallest absolute Gasteiger partial charge is 1.00 e. The summed E-state index contributed by atoms with van der Waals surface area (Å²) < 4.78 is 304. The molecule has 142 heavy (non-hydrogen) atoms. The van der Waals surface area contributed by atoms with Gasteiger partial charge in [-0.15, -0.1) is 13.2 Å². The Morgan fingerprint density at radius 3 is 0.887 bits per heavy atom. The molecule has 14 atom stereocenters. The largest absolute Gasteiger partial charge is 2.00 e. The van der Waals surface area contributed by atoms with Crippen LogP contribution in [0.3, 0.4) is 0 Å². The number of aldehydes is 1. The minimum Gasteiger partial charge on any atom is -1.00 e. The summed E-state index contributed by atoms with van der Waals surface area (Å²) in [5.41, 5.74) is -1.62. The monoisotopic (exact) mass is 2240 g/mol. The van der Waals surface area contributed by atoms with E-state index in [-0.39, 0.29) is 195 Å². The van der Waals surface area contributed by atoms with Crippen molar-refractivity contribution in [2.75, 3.05) is 33.0 Å². The van der Waals surface area contributed by atoms with E-state index in [0.29, 0.717) is 57.1 Å². The quantitative estimate of drug-likeness (QED) is 0.0181. The molecule has 2 aliphatic carbocycles. The molecule has 0 amide bonds. The van der Waals surface area contributed by atoms with Crippen molar-refractivity contribution in [2.24, 2.45) is 29.6 Å². The van der Waals surface area contributed by atoms with Crippen LogP contribution in [-0.4, -0.2) is 149 Å². The number of ether oxygens (including phenoxy) is 5. The second-order valence-corrected chi connectivity index (χ2v) is 46.9. The Morgan fingerprint density at radius 2 is 0.613 bits per heavy atom. The third-order valence-electron chi connectivity index (χ3n) is 25.2. The average Bonchev–Trinajstić information content (AvgIpc) is 1.17. The van der Waals surface area contributed by atoms with Crippen LogP contribution in [0.15, 0.2) is 244 Å². The Bertz CT molecular complexity index is 6510. The van der Waals surface area contributed by atoms with E-state index in [4.69, 9.17) is 81.7 Å². The summed E-state index contributed by atoms with van der Waals surface area (Å²) in [6, 6.07) is 36.6. The van der Waals surface area contributed by atoms with Gasteiger partial charge in [0.05, 0.1) is 110 Å². The Morgan fingerprint density at radius 1 is 0.373 bits per heavy atom. The second kappa shape index (κ2) is 48.9. The molecule has 0 radical (unpaired) electrons. The molecular weight excluding hydrogens is 2150 g/mol. The molecule has 2 saturated carbocycles. The molecule has 4 N–H and O–H groups in total. The SMILES string of the molecule is C=CCC(O)C[C@H]1COc2c(F)ccc(F)c2[C@@H]1S(=O)(=O)c1ccc(Cl)cc1.C=CCC(O)C[C@H]1COc2c(F)ccc(F)c2[C@@H]1S(=O)(=O)c1ccc(Cl)cc1.C=C[CH2-].O=CC[C@H]1COc2c(F)ccc(F)c2[C@@H]1S(=O)(=O)c1ccc(Cl)cc1.O=S(=O)(c1ccc(Cl)cc1)[C@]12CCC[C@@H](O)CC1COc1c(F)ccc(F)c12.O=S(=O)(c1ccc(Cl)cc1)[C@]12CCC[C@H](O)CC1COc1c(F)ccc(F)c12.[Br-].[Mg+2]. The van der Waals surface area contributed by atoms with Gasteiger partial charge in [0, 0.05) is 61.1 Å². The maximum atomic E-state index is 15.0. The number of hydrogen-bond acceptors (Lipinski definition) is 20. The summed E-state index contributed by atoms with van der Waals surface area (Å²) >= 11 is 29.3. The number of benzene rings is 10. The predicted octanol–water partition coefficient (Wildman–Crippen LogP) is 18.8. The zero-order chi connectivity index (χ0) is 102. The van der Waals surface area contributed by atoms with Gasteiger partial charge in [0.15, 0.2) is 107 Å². The second-order valence-electron chi connectivity index (χ2n) is 34.0. The van der Waals surface area contributed by atoms with Crippen LogP contribution in [0, 0.1) is 94.7 Å². The van der Waals surface area contributed by atoms with E-state index in [1.54, 1.807) is 0 Å². The van der Waals surface area contributed by atoms with E-state index in [1.807, 2.05) is 0 Å². The summed E-state index contributed by atoms with van der Waals surface area (Å²) in [6.45, 7) is 12.8. The molecule has 20 nitrogen and oxygen atoms in total. The first-order chi connectivity index (χ1) is 66.3. The summed E-state index contributed by atoms with van der Waals surface area (Å²) in [4.78, 5) is 10.7. The summed E-state index contributed by atoms with van der Waals surface area (Å²) in [5.74, 6) is -14.2. The Hall–Kier alpha value is -8.45. The Labute approximate surface area is 867 Å². The fraction of sp³-hybridized carbons (Fsp3) is 0.320. The molecule has 5 aliphatic heterocycles. The van der Waals surface area contributed by atoms with Crippen molar-refractivity contribution in [2.45, 2.75) is 158 Å². The zero-order valence-corrected chi connectivity index (χ0v) is 86.1. The van der Waals surface area contributed by atoms with Gasteiger partial charge in [-0.2, -0.15) is 0 Å². The Balaban J connectivity index is 0.000000181. The van der Waals surface area contributed by atoms with E-state index in [2.05, 4.69) is 26.7 Å². The molecule has 0 bridgehead atoms. The minimum atomic E-state index is -4.16. The molecule has 0 saturated heterocycles. The van der Waals surface area contributed by atoms with Crippen LogP contribution in [0.25, 0.3) is 0 Å². The fourth-order valence-corrected chi connectivity index (χ4v) is 30.5. The van der Waals surface area contributed by atoms with Gasteiger partial charge in [-0.25, -0.2) is 106 Å². The number of halogens is 16. The van der Waals surface area contributed by atoms with Crippen molar-refractivity contribution in [1.29, 1.82) is 0 Å². The third kappa shape index (κ3) is 24.2. The number of sulfone groups is 5. The number of hydrogen-bond donors (Lipinski definition) is 4. The molecule has 17 rings (SSSR count). The van der Waals surface area contributed by atoms with Crippen molar-refractivity contribution in [3.8, 4) is 28.7 Å². The van der Waals surface area contributed by atoms with E-state index >= 15 is 8.78 Å². The number of carbonyl (C=O) groups excluding carboxylic acids is 1. The molecule has 0 spiro atoms. The van der Waals surface area contributed by atoms with Crippen LogP contribution in [0.1, 0.15) is 127 Å². The first-order valence-corrected chi connectivity index (χ1v) is 53.1. The molecule has 2 fully saturated rings. The van der Waals surface area contributed by atoms with E-state index < -0.39 is 204 Å². The van der Waals surface area contributed by atoms with Crippen LogP contribution in [0.2, 0.25) is 25.1 Å². The normalized spacial score (nSPS) is 22.3. The fourth-order valence-electron chi connectivity index (χ4n) is 19.0. The summed E-state index contributed by atoms with van der Waals surface area (Å²) in [6.07, 6.45) is 4.09. The van der Waals surface area contributed by atoms with Gasteiger partial charge in [0.25, 0.3) is 0 Å². The average molecular weight is 2250 g/mol. The van der Waals surface area contributed by atoms with Gasteiger partial charge in [0.1, 0.15) is 60.6 Å². The van der Waals surface area contributed by atoms with Gasteiger partial charge in [-0.05, 0) is 259 Å². The molecule has 42 heteroatoms. The van der Waals surface area contributed by atoms with Crippen molar-refractivity contribution in [3.05, 3.63) is 338 Å². The molecule has 7 aliphatic rings. The topological polar surface area (TPSA) is 315 Å². The number of fused-ring (bicyclic) bond motifs is 9. The van der Waals surface area contributed by atoms with Crippen molar-refractivity contribution >= 4 is 137 Å². The standard InChI is InChI=1S/4C20H19ClF2O4S.C17H13ClF2O4S.C3H5.BrH.Mg/c2*21-13-3-5-15(6-4-13)28(25,26)20-9-1-2-14(24)10-12(20)11-27-19-17(23)8-7-16(22)18(19)20;2*1-2-3-14(24)10-12-11-27-19-17(23)9-8-16(22)18(19)20(12)28(25,26)15-6-4-13(21)5-7-15;18-11-1-3-12(4-2-11)25(22,23)17-10(7-8-21)9-24-16-14(20)6-5-13(19)15(16)17;1-3-2;;/h2*3-8,12,14,24H,1-2,9-11H2;2*2,4-9,12,14,20,24H,1,3,10-11H2;1-6,8,10,17H,7,9H2;3H,1-2H2;1H;/q;;;;;-1;;+2/p-1/t12?,14-,20+;12?,14-,20-;2*12-,14?,20+;10-,17+;;;/m01000.../s1. The van der Waals surface area contributed by atoms with Crippen LogP contribution >= 0.6 is 58.0 Å². The van der Waals surface area contributed by atoms with Gasteiger partial charge in [-0.1, -0.05) is 70.2 Å². The minimum absolute atomic E-state index is 0. The molecule has 10 aromatic rings. The van der Waals surface area contributed by atoms with Crippen molar-refractivity contribution < 1.29 is 152 Å².